The van der Waals surface area contributed by atoms with Crippen LogP contribution in [0.3, 0.4) is 0 Å². The number of fused-ring (bicyclic) bond motifs is 2. The van der Waals surface area contributed by atoms with Crippen LogP contribution in [0.25, 0.3) is 0 Å². The van der Waals surface area contributed by atoms with Gasteiger partial charge in [0.2, 0.25) is 0 Å². The predicted molar refractivity (Wildman–Crippen MR) is 133 cm³/mol. The van der Waals surface area contributed by atoms with Crippen molar-refractivity contribution in [3.05, 3.63) is 58.1 Å². The molecule has 0 saturated carbocycles. The molecule has 3 heterocycles. The molecule has 2 aromatic carbocycles. The molecule has 0 aliphatic carbocycles. The smallest absolute Gasteiger partial charge is 0.308 e. The van der Waals surface area contributed by atoms with E-state index in [1.807, 2.05) is 0 Å². The summed E-state index contributed by atoms with van der Waals surface area (Å²) in [4.78, 5) is 14.4. The summed E-state index contributed by atoms with van der Waals surface area (Å²) in [5, 5.41) is 10.1. The molecule has 5 heteroatoms. The van der Waals surface area contributed by atoms with E-state index in [4.69, 9.17) is 9.47 Å². The number of esters is 1. The van der Waals surface area contributed by atoms with E-state index in [0.29, 0.717) is 12.8 Å². The van der Waals surface area contributed by atoms with Crippen molar-refractivity contribution in [2.45, 2.75) is 103 Å². The molecule has 5 rings (SSSR count). The van der Waals surface area contributed by atoms with E-state index < -0.39 is 6.10 Å². The van der Waals surface area contributed by atoms with Gasteiger partial charge in [-0.2, -0.15) is 0 Å². The Labute approximate surface area is 203 Å². The number of ether oxygens (including phenoxy) is 2. The molecule has 0 radical (unpaired) electrons. The molecule has 0 aromatic heterocycles. The number of carbonyl (C=O) groups is 1. The van der Waals surface area contributed by atoms with E-state index in [1.54, 1.807) is 0 Å². The van der Waals surface area contributed by atoms with Crippen LogP contribution in [0.2, 0.25) is 0 Å². The summed E-state index contributed by atoms with van der Waals surface area (Å²) >= 11 is 0. The Morgan fingerprint density at radius 2 is 1.79 bits per heavy atom. The maximum absolute atomic E-state index is 11.9. The summed E-state index contributed by atoms with van der Waals surface area (Å²) in [6.07, 6.45) is 2.06. The minimum Gasteiger partial charge on any atom is -0.487 e. The van der Waals surface area contributed by atoms with Crippen LogP contribution in [0.4, 0.5) is 5.69 Å². The Bertz CT molecular complexity index is 1090. The van der Waals surface area contributed by atoms with Crippen molar-refractivity contribution < 1.29 is 19.4 Å². The van der Waals surface area contributed by atoms with E-state index in [-0.39, 0.29) is 29.5 Å². The van der Waals surface area contributed by atoms with Gasteiger partial charge in [-0.15, -0.1) is 0 Å². The molecule has 2 unspecified atom stereocenters. The van der Waals surface area contributed by atoms with Gasteiger partial charge in [0.15, 0.2) is 0 Å². The summed E-state index contributed by atoms with van der Waals surface area (Å²) < 4.78 is 12.1. The van der Waals surface area contributed by atoms with Gasteiger partial charge in [0.25, 0.3) is 0 Å². The summed E-state index contributed by atoms with van der Waals surface area (Å²) in [6.45, 7) is 12.9. The van der Waals surface area contributed by atoms with Gasteiger partial charge in [0.05, 0.1) is 12.5 Å². The number of cyclic esters (lactones) is 1. The molecule has 1 saturated heterocycles. The molecule has 0 amide bonds. The molecule has 0 spiro atoms. The third-order valence-corrected chi connectivity index (χ3v) is 7.31. The number of aliphatic hydroxyl groups excluding tert-OH is 1. The minimum absolute atomic E-state index is 0.0900. The second-order valence-corrected chi connectivity index (χ2v) is 11.9. The third kappa shape index (κ3) is 4.43. The molecule has 34 heavy (non-hydrogen) atoms. The highest BCUT2D eigenvalue weighted by molar-refractivity contribution is 5.71. The van der Waals surface area contributed by atoms with Crippen molar-refractivity contribution in [3.63, 3.8) is 0 Å². The first-order chi connectivity index (χ1) is 16.0. The largest absolute Gasteiger partial charge is 0.487 e. The summed E-state index contributed by atoms with van der Waals surface area (Å²) in [5.41, 5.74) is 7.56. The van der Waals surface area contributed by atoms with Gasteiger partial charge in [0.1, 0.15) is 17.5 Å². The second-order valence-electron chi connectivity index (χ2n) is 11.9. The van der Waals surface area contributed by atoms with Crippen molar-refractivity contribution in [2.75, 3.05) is 4.90 Å². The number of nitrogens with zero attached hydrogens (tertiary/aromatic N) is 1. The Balaban J connectivity index is 1.56. The monoisotopic (exact) mass is 463 g/mol. The average Bonchev–Trinajstić information content (AvgIpc) is 3.29. The van der Waals surface area contributed by atoms with Crippen LogP contribution in [0.5, 0.6) is 5.75 Å². The molecule has 0 bridgehead atoms. The number of carbonyl (C=O) groups excluding carboxylic acids is 1. The predicted octanol–water partition coefficient (Wildman–Crippen LogP) is 5.22. The second kappa shape index (κ2) is 8.30. The summed E-state index contributed by atoms with van der Waals surface area (Å²) in [6, 6.07) is 11.1. The number of benzene rings is 2. The zero-order valence-electron chi connectivity index (χ0n) is 21.1. The van der Waals surface area contributed by atoms with Gasteiger partial charge >= 0.3 is 5.97 Å². The molecule has 5 nitrogen and oxygen atoms in total. The van der Waals surface area contributed by atoms with Crippen molar-refractivity contribution in [3.8, 4) is 5.75 Å². The fourth-order valence-electron chi connectivity index (χ4n) is 5.97. The number of hydrogen-bond donors (Lipinski definition) is 1. The minimum atomic E-state index is -0.608. The van der Waals surface area contributed by atoms with E-state index in [2.05, 4.69) is 69.9 Å². The Hall–Kier alpha value is -2.53. The van der Waals surface area contributed by atoms with Crippen LogP contribution in [0, 0.1) is 0 Å². The topological polar surface area (TPSA) is 59.0 Å². The Morgan fingerprint density at radius 1 is 1.12 bits per heavy atom. The molecule has 182 valence electrons. The van der Waals surface area contributed by atoms with Crippen LogP contribution in [-0.2, 0) is 40.9 Å². The maximum atomic E-state index is 11.9. The fourth-order valence-corrected chi connectivity index (χ4v) is 5.97. The standard InChI is InChI=1S/C29H37NO4/c1-28(2,3)26-23(11-10-22-13-21(31)14-25(32)33-22)27-20(15-29(4,5)34-27)12-24(26)30-16-18-8-6-7-9-19(18)17-30/h6-9,12,21-22,31H,10-11,13-17H2,1-5H3. The van der Waals surface area contributed by atoms with Gasteiger partial charge < -0.3 is 19.5 Å². The normalized spacial score (nSPS) is 23.4. The highest BCUT2D eigenvalue weighted by Gasteiger charge is 2.38. The van der Waals surface area contributed by atoms with E-state index in [1.165, 1.54) is 33.5 Å². The molecule has 1 fully saturated rings. The lowest BCUT2D eigenvalue weighted by Gasteiger charge is -2.33. The zero-order valence-corrected chi connectivity index (χ0v) is 21.1. The highest BCUT2D eigenvalue weighted by atomic mass is 16.5. The maximum Gasteiger partial charge on any atom is 0.308 e. The molecule has 1 N–H and O–H groups in total. The van der Waals surface area contributed by atoms with Gasteiger partial charge in [0, 0.05) is 42.7 Å². The Morgan fingerprint density at radius 3 is 2.41 bits per heavy atom. The quantitative estimate of drug-likeness (QED) is 0.630. The molecular formula is C29H37NO4. The van der Waals surface area contributed by atoms with Crippen LogP contribution >= 0.6 is 0 Å². The third-order valence-electron chi connectivity index (χ3n) is 7.31. The SMILES string of the molecule is CC1(C)Cc2cc(N3Cc4ccccc4C3)c(C(C)(C)C)c(CCC3CC(O)CC(=O)O3)c2O1. The van der Waals surface area contributed by atoms with Crippen LogP contribution < -0.4 is 9.64 Å². The number of aliphatic hydroxyl groups is 1. The van der Waals surface area contributed by atoms with Crippen LogP contribution in [0.15, 0.2) is 30.3 Å². The molecule has 3 aliphatic heterocycles. The average molecular weight is 464 g/mol. The molecule has 2 atom stereocenters. The number of rotatable bonds is 4. The molecule has 3 aliphatic rings. The lowest BCUT2D eigenvalue weighted by molar-refractivity contribution is -0.160. The fraction of sp³-hybridized carbons (Fsp3) is 0.552. The van der Waals surface area contributed by atoms with Gasteiger partial charge in [-0.25, -0.2) is 0 Å². The van der Waals surface area contributed by atoms with Crippen molar-refractivity contribution in [1.82, 2.24) is 0 Å². The van der Waals surface area contributed by atoms with Crippen molar-refractivity contribution >= 4 is 11.7 Å². The summed E-state index contributed by atoms with van der Waals surface area (Å²) in [7, 11) is 0. The van der Waals surface area contributed by atoms with Crippen LogP contribution in [0.1, 0.15) is 81.7 Å². The number of hydrogen-bond acceptors (Lipinski definition) is 5. The van der Waals surface area contributed by atoms with E-state index >= 15 is 0 Å². The van der Waals surface area contributed by atoms with Crippen molar-refractivity contribution in [2.24, 2.45) is 0 Å². The van der Waals surface area contributed by atoms with Crippen molar-refractivity contribution in [1.29, 1.82) is 0 Å². The Kier molecular flexibility index (Phi) is 5.67. The first-order valence-electron chi connectivity index (χ1n) is 12.6. The highest BCUT2D eigenvalue weighted by Crippen LogP contribution is 2.48. The lowest BCUT2D eigenvalue weighted by atomic mass is 9.79. The lowest BCUT2D eigenvalue weighted by Crippen LogP contribution is -2.33. The zero-order chi connectivity index (χ0) is 24.3. The molecular weight excluding hydrogens is 426 g/mol. The van der Waals surface area contributed by atoms with Crippen LogP contribution in [-0.4, -0.2) is 28.9 Å². The van der Waals surface area contributed by atoms with E-state index in [0.717, 1.165) is 31.7 Å². The van der Waals surface area contributed by atoms with Gasteiger partial charge in [-0.1, -0.05) is 45.0 Å². The number of anilines is 1. The van der Waals surface area contributed by atoms with Gasteiger partial charge in [-0.05, 0) is 54.9 Å². The van der Waals surface area contributed by atoms with E-state index in [9.17, 15) is 9.90 Å². The first kappa shape index (κ1) is 23.2. The first-order valence-corrected chi connectivity index (χ1v) is 12.6. The van der Waals surface area contributed by atoms with Gasteiger partial charge in [-0.3, -0.25) is 4.79 Å². The summed E-state index contributed by atoms with van der Waals surface area (Å²) in [5.74, 6) is 0.712. The molecule has 2 aromatic rings.